The second-order valence-electron chi connectivity index (χ2n) is 8.16. The van der Waals surface area contributed by atoms with Crippen LogP contribution >= 0.6 is 11.6 Å². The van der Waals surface area contributed by atoms with Gasteiger partial charge in [-0.05, 0) is 56.9 Å². The van der Waals surface area contributed by atoms with E-state index < -0.39 is 0 Å². The highest BCUT2D eigenvalue weighted by Gasteiger charge is 2.31. The first-order valence-corrected chi connectivity index (χ1v) is 11.8. The molecule has 1 aliphatic carbocycles. The van der Waals surface area contributed by atoms with Crippen LogP contribution in [0.4, 0.5) is 4.79 Å². The van der Waals surface area contributed by atoms with Crippen molar-refractivity contribution in [3.05, 3.63) is 69.9 Å². The van der Waals surface area contributed by atoms with Gasteiger partial charge < -0.3 is 15.1 Å². The summed E-state index contributed by atoms with van der Waals surface area (Å²) in [5.41, 5.74) is 4.36. The lowest BCUT2D eigenvalue weighted by Crippen LogP contribution is -2.44. The number of carbonyl (C=O) groups is 2. The van der Waals surface area contributed by atoms with E-state index in [1.54, 1.807) is 16.8 Å². The molecule has 0 bridgehead atoms. The maximum Gasteiger partial charge on any atom is 0.322 e. The van der Waals surface area contributed by atoms with E-state index >= 15 is 0 Å². The largest absolute Gasteiger partial charge is 0.341 e. The van der Waals surface area contributed by atoms with E-state index in [4.69, 9.17) is 11.6 Å². The molecular weight excluding hydrogens is 422 g/mol. The summed E-state index contributed by atoms with van der Waals surface area (Å²) in [7, 11) is 1.80. The van der Waals surface area contributed by atoms with Crippen LogP contribution in [0.1, 0.15) is 58.9 Å². The Balaban J connectivity index is 0.00000176. The van der Waals surface area contributed by atoms with Gasteiger partial charge in [0.05, 0.1) is 0 Å². The zero-order chi connectivity index (χ0) is 23.7. The fraction of sp³-hybridized carbons (Fsp3) is 0.462. The van der Waals surface area contributed by atoms with Crippen molar-refractivity contribution in [2.45, 2.75) is 66.0 Å². The lowest BCUT2D eigenvalue weighted by Gasteiger charge is -2.27. The van der Waals surface area contributed by atoms with Crippen molar-refractivity contribution in [1.29, 1.82) is 0 Å². The lowest BCUT2D eigenvalue weighted by molar-refractivity contribution is -0.131. The van der Waals surface area contributed by atoms with Crippen LogP contribution in [-0.4, -0.2) is 41.4 Å². The van der Waals surface area contributed by atoms with Gasteiger partial charge in [0, 0.05) is 43.3 Å². The smallest absolute Gasteiger partial charge is 0.322 e. The molecule has 5 nitrogen and oxygen atoms in total. The molecule has 3 amide bonds. The lowest BCUT2D eigenvalue weighted by atomic mass is 10.1. The number of hydrogen-bond donors (Lipinski definition) is 1. The molecule has 174 valence electrons. The average molecular weight is 458 g/mol. The molecule has 32 heavy (non-hydrogen) atoms. The summed E-state index contributed by atoms with van der Waals surface area (Å²) in [6, 6.07) is 7.31. The van der Waals surface area contributed by atoms with Gasteiger partial charge in [-0.25, -0.2) is 4.79 Å². The number of nitrogens with zero attached hydrogens (tertiary/aromatic N) is 2. The molecule has 1 N–H and O–H groups in total. The number of nitrogens with one attached hydrogen (secondary N) is 1. The van der Waals surface area contributed by atoms with Gasteiger partial charge >= 0.3 is 6.03 Å². The van der Waals surface area contributed by atoms with Gasteiger partial charge in [0.1, 0.15) is 0 Å². The summed E-state index contributed by atoms with van der Waals surface area (Å²) in [4.78, 5) is 29.1. The standard InChI is InChI=1S/C24H30ClN3O2.C2H6/c1-17-6-12-21(13-7-18(17)2)26-24(30)28-14-4-5-22(28)15-23(29)27(3)16-19-8-10-20(25)11-9-19;1-2/h6,8-13,22H,4-5,7,14-16H2,1-3H3,(H,26,30);1-2H3. The Morgan fingerprint density at radius 1 is 1.16 bits per heavy atom. The Kier molecular flexibility index (Phi) is 10.0. The van der Waals surface area contributed by atoms with E-state index in [2.05, 4.69) is 19.2 Å². The number of likely N-dealkylation sites (tertiary alicyclic amines) is 1. The topological polar surface area (TPSA) is 52.7 Å². The highest BCUT2D eigenvalue weighted by Crippen LogP contribution is 2.22. The first kappa shape index (κ1) is 25.7. The average Bonchev–Trinajstić information content (AvgIpc) is 3.19. The summed E-state index contributed by atoms with van der Waals surface area (Å²) in [5.74, 6) is 0.0404. The van der Waals surface area contributed by atoms with E-state index in [0.29, 0.717) is 24.5 Å². The molecule has 1 atom stereocenters. The molecule has 0 saturated carbocycles. The molecular formula is C26H36ClN3O2. The van der Waals surface area contributed by atoms with Gasteiger partial charge in [-0.3, -0.25) is 4.79 Å². The van der Waals surface area contributed by atoms with Crippen LogP contribution < -0.4 is 5.32 Å². The van der Waals surface area contributed by atoms with E-state index in [0.717, 1.165) is 30.5 Å². The first-order valence-electron chi connectivity index (χ1n) is 11.4. The number of halogens is 1. The highest BCUT2D eigenvalue weighted by atomic mass is 35.5. The Bertz CT molecular complexity index is 887. The molecule has 1 aromatic carbocycles. The van der Waals surface area contributed by atoms with Crippen molar-refractivity contribution in [3.63, 3.8) is 0 Å². The molecule has 1 unspecified atom stereocenters. The number of urea groups is 1. The molecule has 3 rings (SSSR count). The molecule has 0 radical (unpaired) electrons. The van der Waals surface area contributed by atoms with E-state index in [1.807, 2.05) is 56.3 Å². The molecule has 1 heterocycles. The number of carbonyl (C=O) groups excluding carboxylic acids is 2. The van der Waals surface area contributed by atoms with Crippen molar-refractivity contribution in [1.82, 2.24) is 15.1 Å². The zero-order valence-electron chi connectivity index (χ0n) is 20.0. The van der Waals surface area contributed by atoms with Crippen LogP contribution in [0, 0.1) is 0 Å². The fourth-order valence-corrected chi connectivity index (χ4v) is 3.89. The Hall–Kier alpha value is -2.53. The highest BCUT2D eigenvalue weighted by molar-refractivity contribution is 6.30. The molecule has 1 aliphatic heterocycles. The molecule has 1 fully saturated rings. The van der Waals surface area contributed by atoms with Gasteiger partial charge in [0.2, 0.25) is 5.91 Å². The van der Waals surface area contributed by atoms with Crippen LogP contribution in [0.5, 0.6) is 0 Å². The van der Waals surface area contributed by atoms with Gasteiger partial charge in [-0.2, -0.15) is 0 Å². The SMILES string of the molecule is CC.CC1=C(C)CC=C(NC(=O)N2CCCC2CC(=O)N(C)Cc2ccc(Cl)cc2)C=C1. The third-order valence-electron chi connectivity index (χ3n) is 5.87. The molecule has 0 aromatic heterocycles. The molecule has 1 aromatic rings. The summed E-state index contributed by atoms with van der Waals surface area (Å²) < 4.78 is 0. The molecule has 0 spiro atoms. The maximum atomic E-state index is 12.9. The van der Waals surface area contributed by atoms with Crippen LogP contribution in [-0.2, 0) is 11.3 Å². The minimum absolute atomic E-state index is 0.0404. The van der Waals surface area contributed by atoms with Crippen molar-refractivity contribution < 1.29 is 9.59 Å². The third kappa shape index (κ3) is 7.27. The summed E-state index contributed by atoms with van der Waals surface area (Å²) >= 11 is 5.93. The second kappa shape index (κ2) is 12.5. The predicted octanol–water partition coefficient (Wildman–Crippen LogP) is 6.07. The maximum absolute atomic E-state index is 12.9. The zero-order valence-corrected chi connectivity index (χ0v) is 20.7. The van der Waals surface area contributed by atoms with Gasteiger partial charge in [0.15, 0.2) is 0 Å². The molecule has 6 heteroatoms. The molecule has 2 aliphatic rings. The van der Waals surface area contributed by atoms with Crippen molar-refractivity contribution in [2.75, 3.05) is 13.6 Å². The van der Waals surface area contributed by atoms with Crippen molar-refractivity contribution in [3.8, 4) is 0 Å². The number of allylic oxidation sites excluding steroid dienone is 5. The van der Waals surface area contributed by atoms with Crippen molar-refractivity contribution >= 4 is 23.5 Å². The summed E-state index contributed by atoms with van der Waals surface area (Å²) in [6.07, 6.45) is 8.95. The quantitative estimate of drug-likeness (QED) is 0.583. The van der Waals surface area contributed by atoms with Crippen LogP contribution in [0.2, 0.25) is 5.02 Å². The number of rotatable bonds is 5. The van der Waals surface area contributed by atoms with E-state index in [-0.39, 0.29) is 18.0 Å². The van der Waals surface area contributed by atoms with E-state index in [1.165, 1.54) is 11.1 Å². The number of amides is 3. The normalized spacial score (nSPS) is 17.9. The summed E-state index contributed by atoms with van der Waals surface area (Å²) in [5, 5.41) is 3.70. The third-order valence-corrected chi connectivity index (χ3v) is 6.12. The van der Waals surface area contributed by atoms with Crippen LogP contribution in [0.3, 0.4) is 0 Å². The van der Waals surface area contributed by atoms with Gasteiger partial charge in [0.25, 0.3) is 0 Å². The Morgan fingerprint density at radius 2 is 1.84 bits per heavy atom. The monoisotopic (exact) mass is 457 g/mol. The second-order valence-corrected chi connectivity index (χ2v) is 8.60. The Morgan fingerprint density at radius 3 is 2.53 bits per heavy atom. The van der Waals surface area contributed by atoms with Gasteiger partial charge in [-0.1, -0.05) is 60.9 Å². The first-order chi connectivity index (χ1) is 15.3. The summed E-state index contributed by atoms with van der Waals surface area (Å²) in [6.45, 7) is 9.38. The number of hydrogen-bond acceptors (Lipinski definition) is 2. The number of benzene rings is 1. The van der Waals surface area contributed by atoms with Crippen molar-refractivity contribution in [2.24, 2.45) is 0 Å². The van der Waals surface area contributed by atoms with Gasteiger partial charge in [-0.15, -0.1) is 0 Å². The van der Waals surface area contributed by atoms with E-state index in [9.17, 15) is 9.59 Å². The predicted molar refractivity (Wildman–Crippen MR) is 132 cm³/mol. The Labute approximate surface area is 197 Å². The minimum atomic E-state index is -0.126. The van der Waals surface area contributed by atoms with Crippen LogP contribution in [0.15, 0.2) is 59.3 Å². The van der Waals surface area contributed by atoms with Crippen LogP contribution in [0.25, 0.3) is 0 Å². The minimum Gasteiger partial charge on any atom is -0.341 e. The molecule has 1 saturated heterocycles. The fourth-order valence-electron chi connectivity index (χ4n) is 3.76.